The number of carbonyl (C=O) groups is 1. The molecular weight excluding hydrogens is 233 g/mol. The van der Waals surface area contributed by atoms with Crippen LogP contribution in [0.4, 0.5) is 0 Å². The van der Waals surface area contributed by atoms with Gasteiger partial charge in [0.05, 0.1) is 10.0 Å². The molecule has 0 aliphatic heterocycles. The molecule has 0 atom stereocenters. The number of rotatable bonds is 3. The molecule has 0 heterocycles. The van der Waals surface area contributed by atoms with E-state index in [1.807, 2.05) is 0 Å². The van der Waals surface area contributed by atoms with Crippen LogP contribution in [0, 0.1) is 0 Å². The van der Waals surface area contributed by atoms with Gasteiger partial charge in [-0.25, -0.2) is 0 Å². The van der Waals surface area contributed by atoms with Gasteiger partial charge in [0.1, 0.15) is 0 Å². The van der Waals surface area contributed by atoms with Crippen molar-refractivity contribution in [2.75, 3.05) is 0 Å². The maximum atomic E-state index is 11.8. The Bertz CT molecular complexity index is 383. The van der Waals surface area contributed by atoms with Crippen molar-refractivity contribution >= 4 is 29.0 Å². The first-order chi connectivity index (χ1) is 6.81. The molecule has 0 fully saturated rings. The number of hydrogen-bond acceptors (Lipinski definition) is 2. The van der Waals surface area contributed by atoms with Crippen LogP contribution >= 0.6 is 23.2 Å². The monoisotopic (exact) mass is 245 g/mol. The largest absolute Gasteiger partial charge is 0.325 e. The Kier molecular flexibility index (Phi) is 3.77. The van der Waals surface area contributed by atoms with Gasteiger partial charge in [-0.2, -0.15) is 0 Å². The maximum Gasteiger partial charge on any atom is 0.166 e. The lowest BCUT2D eigenvalue weighted by Crippen LogP contribution is -2.34. The highest BCUT2D eigenvalue weighted by atomic mass is 35.5. The van der Waals surface area contributed by atoms with Crippen molar-refractivity contribution in [2.45, 2.75) is 25.8 Å². The molecule has 0 aromatic heterocycles. The number of Topliss-reactive ketones (excluding diaryl/α,β-unsaturated/α-hetero) is 1. The average Bonchev–Trinajstić information content (AvgIpc) is 2.06. The Morgan fingerprint density at radius 3 is 2.53 bits per heavy atom. The molecule has 0 amide bonds. The molecule has 0 saturated carbocycles. The second-order valence-electron chi connectivity index (χ2n) is 4.19. The minimum Gasteiger partial charge on any atom is -0.325 e. The lowest BCUT2D eigenvalue weighted by molar-refractivity contribution is 0.0960. The molecule has 1 aromatic rings. The fourth-order valence-electron chi connectivity index (χ4n) is 1.23. The van der Waals surface area contributed by atoms with Crippen LogP contribution in [0.2, 0.25) is 10.0 Å². The van der Waals surface area contributed by atoms with Crippen LogP contribution in [0.25, 0.3) is 0 Å². The Morgan fingerprint density at radius 1 is 1.40 bits per heavy atom. The van der Waals surface area contributed by atoms with Crippen molar-refractivity contribution in [3.8, 4) is 0 Å². The third-order valence-corrected chi connectivity index (χ3v) is 2.69. The van der Waals surface area contributed by atoms with E-state index in [1.165, 1.54) is 0 Å². The van der Waals surface area contributed by atoms with Crippen LogP contribution in [0.1, 0.15) is 30.6 Å². The molecule has 0 radical (unpaired) electrons. The number of nitrogens with two attached hydrogens (primary N) is 1. The summed E-state index contributed by atoms with van der Waals surface area (Å²) < 4.78 is 0. The number of halogens is 2. The molecule has 82 valence electrons. The van der Waals surface area contributed by atoms with Crippen LogP contribution in [-0.4, -0.2) is 11.3 Å². The second kappa shape index (κ2) is 4.52. The Morgan fingerprint density at radius 2 is 2.00 bits per heavy atom. The quantitative estimate of drug-likeness (QED) is 0.831. The summed E-state index contributed by atoms with van der Waals surface area (Å²) in [5, 5.41) is 0.686. The highest BCUT2D eigenvalue weighted by Crippen LogP contribution is 2.27. The summed E-state index contributed by atoms with van der Waals surface area (Å²) in [6.45, 7) is 3.59. The first-order valence-corrected chi connectivity index (χ1v) is 5.33. The lowest BCUT2D eigenvalue weighted by atomic mass is 9.95. The average molecular weight is 246 g/mol. The molecule has 0 aliphatic rings. The molecule has 1 aromatic carbocycles. The summed E-state index contributed by atoms with van der Waals surface area (Å²) in [6, 6.07) is 5.00. The summed E-state index contributed by atoms with van der Waals surface area (Å²) in [6.07, 6.45) is 0.243. The molecule has 2 N–H and O–H groups in total. The summed E-state index contributed by atoms with van der Waals surface area (Å²) in [7, 11) is 0. The molecule has 2 nitrogen and oxygen atoms in total. The summed E-state index contributed by atoms with van der Waals surface area (Å²) in [5.41, 5.74) is 5.66. The van der Waals surface area contributed by atoms with Crippen LogP contribution in [-0.2, 0) is 0 Å². The van der Waals surface area contributed by atoms with E-state index >= 15 is 0 Å². The number of carbonyl (C=O) groups excluding carboxylic acids is 1. The lowest BCUT2D eigenvalue weighted by Gasteiger charge is -2.17. The van der Waals surface area contributed by atoms with Crippen molar-refractivity contribution in [2.24, 2.45) is 5.73 Å². The third-order valence-electron chi connectivity index (χ3n) is 1.87. The summed E-state index contributed by atoms with van der Waals surface area (Å²) in [4.78, 5) is 11.8. The van der Waals surface area contributed by atoms with E-state index in [0.29, 0.717) is 15.6 Å². The van der Waals surface area contributed by atoms with Gasteiger partial charge in [-0.1, -0.05) is 29.3 Å². The first-order valence-electron chi connectivity index (χ1n) is 4.57. The second-order valence-corrected chi connectivity index (χ2v) is 4.98. The van der Waals surface area contributed by atoms with E-state index in [4.69, 9.17) is 28.9 Å². The van der Waals surface area contributed by atoms with Crippen molar-refractivity contribution in [3.05, 3.63) is 33.8 Å². The highest BCUT2D eigenvalue weighted by molar-refractivity contribution is 6.43. The molecule has 0 saturated heterocycles. The van der Waals surface area contributed by atoms with E-state index in [9.17, 15) is 4.79 Å². The summed E-state index contributed by atoms with van der Waals surface area (Å²) in [5.74, 6) is -0.0880. The Balaban J connectivity index is 2.97. The normalized spacial score (nSPS) is 11.5. The molecular formula is C11H13Cl2NO. The zero-order valence-corrected chi connectivity index (χ0v) is 10.2. The number of benzene rings is 1. The maximum absolute atomic E-state index is 11.8. The minimum atomic E-state index is -0.539. The van der Waals surface area contributed by atoms with Crippen LogP contribution < -0.4 is 5.73 Å². The van der Waals surface area contributed by atoms with Gasteiger partial charge in [-0.05, 0) is 26.0 Å². The van der Waals surface area contributed by atoms with Gasteiger partial charge in [0, 0.05) is 17.5 Å². The molecule has 15 heavy (non-hydrogen) atoms. The molecule has 4 heteroatoms. The minimum absolute atomic E-state index is 0.0880. The van der Waals surface area contributed by atoms with Gasteiger partial charge < -0.3 is 5.73 Å². The van der Waals surface area contributed by atoms with E-state index in [1.54, 1.807) is 32.0 Å². The standard InChI is InChI=1S/C11H13Cl2NO/c1-11(2,14)6-9(15)7-4-3-5-8(12)10(7)13/h3-5H,6,14H2,1-2H3. The van der Waals surface area contributed by atoms with Crippen molar-refractivity contribution in [1.29, 1.82) is 0 Å². The van der Waals surface area contributed by atoms with Crippen LogP contribution in [0.3, 0.4) is 0 Å². The van der Waals surface area contributed by atoms with E-state index < -0.39 is 5.54 Å². The van der Waals surface area contributed by atoms with E-state index in [0.717, 1.165) is 0 Å². The predicted octanol–water partition coefficient (Wildman–Crippen LogP) is 3.30. The molecule has 0 unspecified atom stereocenters. The topological polar surface area (TPSA) is 43.1 Å². The van der Waals surface area contributed by atoms with Gasteiger partial charge in [0.25, 0.3) is 0 Å². The molecule has 0 spiro atoms. The number of ketones is 1. The molecule has 0 aliphatic carbocycles. The van der Waals surface area contributed by atoms with Gasteiger partial charge in [0.15, 0.2) is 5.78 Å². The summed E-state index contributed by atoms with van der Waals surface area (Å²) >= 11 is 11.7. The van der Waals surface area contributed by atoms with Crippen LogP contribution in [0.15, 0.2) is 18.2 Å². The fourth-order valence-corrected chi connectivity index (χ4v) is 1.63. The van der Waals surface area contributed by atoms with Crippen LogP contribution in [0.5, 0.6) is 0 Å². The zero-order chi connectivity index (χ0) is 11.6. The van der Waals surface area contributed by atoms with Gasteiger partial charge in [0.2, 0.25) is 0 Å². The SMILES string of the molecule is CC(C)(N)CC(=O)c1cccc(Cl)c1Cl. The highest BCUT2D eigenvalue weighted by Gasteiger charge is 2.20. The zero-order valence-electron chi connectivity index (χ0n) is 8.68. The fraction of sp³-hybridized carbons (Fsp3) is 0.364. The van der Waals surface area contributed by atoms with E-state index in [-0.39, 0.29) is 12.2 Å². The Labute approximate surface area is 99.4 Å². The first kappa shape index (κ1) is 12.5. The van der Waals surface area contributed by atoms with Gasteiger partial charge in [-0.15, -0.1) is 0 Å². The molecule has 1 rings (SSSR count). The third kappa shape index (κ3) is 3.49. The van der Waals surface area contributed by atoms with Gasteiger partial charge in [-0.3, -0.25) is 4.79 Å². The molecule has 0 bridgehead atoms. The van der Waals surface area contributed by atoms with Gasteiger partial charge >= 0.3 is 0 Å². The smallest absolute Gasteiger partial charge is 0.166 e. The van der Waals surface area contributed by atoms with Crippen molar-refractivity contribution < 1.29 is 4.79 Å². The number of hydrogen-bond donors (Lipinski definition) is 1. The van der Waals surface area contributed by atoms with Crippen molar-refractivity contribution in [3.63, 3.8) is 0 Å². The predicted molar refractivity (Wildman–Crippen MR) is 63.7 cm³/mol. The van der Waals surface area contributed by atoms with E-state index in [2.05, 4.69) is 0 Å². The Hall–Kier alpha value is -0.570. The van der Waals surface area contributed by atoms with Crippen molar-refractivity contribution in [1.82, 2.24) is 0 Å².